The van der Waals surface area contributed by atoms with Gasteiger partial charge >= 0.3 is 0 Å². The number of thiocarbonyl (C=S) groups is 1. The monoisotopic (exact) mass is 274 g/mol. The first-order valence-electron chi connectivity index (χ1n) is 6.14. The average molecular weight is 274 g/mol. The Morgan fingerprint density at radius 1 is 1.53 bits per heavy atom. The first-order chi connectivity index (χ1) is 7.99. The van der Waals surface area contributed by atoms with Crippen LogP contribution < -0.4 is 5.73 Å². The van der Waals surface area contributed by atoms with E-state index in [1.54, 1.807) is 0 Å². The van der Waals surface area contributed by atoms with Crippen LogP contribution in [0.4, 0.5) is 0 Å². The molecule has 1 aliphatic rings. The van der Waals surface area contributed by atoms with Crippen molar-refractivity contribution in [3.63, 3.8) is 0 Å². The molecule has 1 rings (SSSR count). The van der Waals surface area contributed by atoms with Crippen LogP contribution in [0.15, 0.2) is 0 Å². The van der Waals surface area contributed by atoms with Crippen LogP contribution in [0, 0.1) is 5.41 Å². The van der Waals surface area contributed by atoms with E-state index in [1.807, 2.05) is 37.6 Å². The molecule has 0 aliphatic carbocycles. The Balaban J connectivity index is 2.87. The first kappa shape index (κ1) is 14.8. The van der Waals surface area contributed by atoms with Crippen molar-refractivity contribution in [3.8, 4) is 0 Å². The molecule has 1 unspecified atom stereocenters. The maximum Gasteiger partial charge on any atom is 0.235 e. The molecule has 0 bridgehead atoms. The number of carbonyl (C=O) groups excluding carboxylic acids is 1. The fourth-order valence-electron chi connectivity index (χ4n) is 2.34. The summed E-state index contributed by atoms with van der Waals surface area (Å²) in [6.07, 6.45) is 2.44. The highest BCUT2D eigenvalue weighted by atomic mass is 32.2. The van der Waals surface area contributed by atoms with Crippen LogP contribution in [0.3, 0.4) is 0 Å². The van der Waals surface area contributed by atoms with E-state index in [1.165, 1.54) is 0 Å². The van der Waals surface area contributed by atoms with Crippen molar-refractivity contribution in [1.29, 1.82) is 0 Å². The normalized spacial score (nSPS) is 20.3. The van der Waals surface area contributed by atoms with Gasteiger partial charge < -0.3 is 10.6 Å². The number of amides is 1. The minimum absolute atomic E-state index is 0.0995. The summed E-state index contributed by atoms with van der Waals surface area (Å²) in [5.74, 6) is 2.27. The van der Waals surface area contributed by atoms with Crippen molar-refractivity contribution < 1.29 is 4.79 Å². The van der Waals surface area contributed by atoms with Crippen LogP contribution in [0.25, 0.3) is 0 Å². The topological polar surface area (TPSA) is 46.3 Å². The van der Waals surface area contributed by atoms with Gasteiger partial charge in [-0.25, -0.2) is 0 Å². The maximum absolute atomic E-state index is 12.6. The molecule has 5 heteroatoms. The number of thioether (sulfide) groups is 1. The summed E-state index contributed by atoms with van der Waals surface area (Å²) in [5, 5.41) is 0. The number of hydrogen-bond acceptors (Lipinski definition) is 3. The number of nitrogens with two attached hydrogens (primary N) is 1. The summed E-state index contributed by atoms with van der Waals surface area (Å²) in [6, 6.07) is 0.347. The van der Waals surface area contributed by atoms with Crippen LogP contribution >= 0.6 is 24.0 Å². The fourth-order valence-corrected chi connectivity index (χ4v) is 3.98. The molecule has 0 aromatic rings. The summed E-state index contributed by atoms with van der Waals surface area (Å²) >= 11 is 7.03. The van der Waals surface area contributed by atoms with Crippen LogP contribution in [-0.2, 0) is 4.79 Å². The standard InChI is InChI=1S/C12H22N2OS2/c1-4-12(5-2,10(13)16)11(15)14(3)9-6-7-17-8-9/h9H,4-8H2,1-3H3,(H2,13,16). The number of hydrogen-bond donors (Lipinski definition) is 1. The number of rotatable bonds is 5. The van der Waals surface area contributed by atoms with Gasteiger partial charge in [-0.2, -0.15) is 11.8 Å². The van der Waals surface area contributed by atoms with Gasteiger partial charge in [0.1, 0.15) is 0 Å². The molecule has 0 saturated carbocycles. The van der Waals surface area contributed by atoms with Gasteiger partial charge in [0.25, 0.3) is 0 Å². The van der Waals surface area contributed by atoms with Crippen LogP contribution in [0.2, 0.25) is 0 Å². The third-order valence-corrected chi connectivity index (χ3v) is 5.40. The van der Waals surface area contributed by atoms with E-state index < -0.39 is 5.41 Å². The van der Waals surface area contributed by atoms with E-state index >= 15 is 0 Å². The summed E-state index contributed by atoms with van der Waals surface area (Å²) in [7, 11) is 1.89. The highest BCUT2D eigenvalue weighted by molar-refractivity contribution is 7.99. The third kappa shape index (κ3) is 2.76. The van der Waals surface area contributed by atoms with Gasteiger partial charge in [0.05, 0.1) is 10.4 Å². The second-order valence-electron chi connectivity index (χ2n) is 4.59. The first-order valence-corrected chi connectivity index (χ1v) is 7.70. The Hall–Kier alpha value is -0.290. The summed E-state index contributed by atoms with van der Waals surface area (Å²) in [4.78, 5) is 14.8. The molecule has 1 amide bonds. The van der Waals surface area contributed by atoms with Crippen LogP contribution in [0.1, 0.15) is 33.1 Å². The van der Waals surface area contributed by atoms with Gasteiger partial charge in [0.15, 0.2) is 0 Å². The van der Waals surface area contributed by atoms with Gasteiger partial charge in [-0.05, 0) is 25.0 Å². The van der Waals surface area contributed by atoms with E-state index in [4.69, 9.17) is 18.0 Å². The lowest BCUT2D eigenvalue weighted by molar-refractivity contribution is -0.139. The molecule has 1 heterocycles. The molecule has 1 aliphatic heterocycles. The maximum atomic E-state index is 12.6. The van der Waals surface area contributed by atoms with Gasteiger partial charge in [-0.15, -0.1) is 0 Å². The minimum atomic E-state index is -0.642. The number of carbonyl (C=O) groups is 1. The summed E-state index contributed by atoms with van der Waals surface area (Å²) in [5.41, 5.74) is 5.17. The van der Waals surface area contributed by atoms with Gasteiger partial charge in [0, 0.05) is 18.8 Å². The van der Waals surface area contributed by atoms with Gasteiger partial charge in [-0.3, -0.25) is 4.79 Å². The largest absolute Gasteiger partial charge is 0.392 e. The Morgan fingerprint density at radius 3 is 2.47 bits per heavy atom. The zero-order chi connectivity index (χ0) is 13.1. The molecule has 0 aromatic carbocycles. The molecule has 1 fully saturated rings. The van der Waals surface area contributed by atoms with E-state index in [0.29, 0.717) is 23.9 Å². The smallest absolute Gasteiger partial charge is 0.235 e. The Bertz CT molecular complexity index is 297. The van der Waals surface area contributed by atoms with E-state index in [2.05, 4.69) is 0 Å². The minimum Gasteiger partial charge on any atom is -0.392 e. The second kappa shape index (κ2) is 6.05. The van der Waals surface area contributed by atoms with Crippen molar-refractivity contribution in [2.75, 3.05) is 18.6 Å². The van der Waals surface area contributed by atoms with Crippen molar-refractivity contribution in [1.82, 2.24) is 4.90 Å². The van der Waals surface area contributed by atoms with Gasteiger partial charge in [-0.1, -0.05) is 26.1 Å². The molecule has 0 spiro atoms. The van der Waals surface area contributed by atoms with Crippen LogP contribution in [0.5, 0.6) is 0 Å². The zero-order valence-electron chi connectivity index (χ0n) is 10.9. The highest BCUT2D eigenvalue weighted by Gasteiger charge is 2.41. The van der Waals surface area contributed by atoms with Crippen LogP contribution in [-0.4, -0.2) is 40.4 Å². The molecule has 1 atom stereocenters. The number of nitrogens with zero attached hydrogens (tertiary/aromatic N) is 1. The second-order valence-corrected chi connectivity index (χ2v) is 6.18. The molecule has 2 N–H and O–H groups in total. The molecule has 98 valence electrons. The van der Waals surface area contributed by atoms with Crippen molar-refractivity contribution in [2.45, 2.75) is 39.2 Å². The zero-order valence-corrected chi connectivity index (χ0v) is 12.5. The predicted octanol–water partition coefficient (Wildman–Crippen LogP) is 2.04. The highest BCUT2D eigenvalue weighted by Crippen LogP contribution is 2.32. The van der Waals surface area contributed by atoms with E-state index in [0.717, 1.165) is 17.9 Å². The molecular formula is C12H22N2OS2. The molecule has 1 saturated heterocycles. The quantitative estimate of drug-likeness (QED) is 0.779. The fraction of sp³-hybridized carbons (Fsp3) is 0.833. The molecular weight excluding hydrogens is 252 g/mol. The van der Waals surface area contributed by atoms with Crippen molar-refractivity contribution in [3.05, 3.63) is 0 Å². The van der Waals surface area contributed by atoms with E-state index in [-0.39, 0.29) is 5.91 Å². The average Bonchev–Trinajstić information content (AvgIpc) is 2.83. The molecule has 0 aromatic heterocycles. The summed E-state index contributed by atoms with van der Waals surface area (Å²) < 4.78 is 0. The molecule has 0 radical (unpaired) electrons. The predicted molar refractivity (Wildman–Crippen MR) is 78.3 cm³/mol. The molecule has 17 heavy (non-hydrogen) atoms. The molecule has 3 nitrogen and oxygen atoms in total. The third-order valence-electron chi connectivity index (χ3n) is 3.86. The Morgan fingerprint density at radius 2 is 2.12 bits per heavy atom. The van der Waals surface area contributed by atoms with E-state index in [9.17, 15) is 4.79 Å². The Kier molecular flexibility index (Phi) is 5.25. The SMILES string of the molecule is CCC(CC)(C(=O)N(C)C1CCSC1)C(N)=S. The van der Waals surface area contributed by atoms with Crippen molar-refractivity contribution in [2.24, 2.45) is 11.1 Å². The lowest BCUT2D eigenvalue weighted by Gasteiger charge is -2.36. The lowest BCUT2D eigenvalue weighted by atomic mass is 9.80. The van der Waals surface area contributed by atoms with Crippen molar-refractivity contribution >= 4 is 34.9 Å². The lowest BCUT2D eigenvalue weighted by Crippen LogP contribution is -2.51. The van der Waals surface area contributed by atoms with Gasteiger partial charge in [0.2, 0.25) is 5.91 Å². The summed E-state index contributed by atoms with van der Waals surface area (Å²) in [6.45, 7) is 3.97. The Labute approximate surface area is 113 Å².